The van der Waals surface area contributed by atoms with E-state index in [1.807, 2.05) is 0 Å². The molecule has 2 fully saturated rings. The standard InChI is InChI=1S/C11H18N2O4S/c1-7(6-18(2,16)17)12-9-5-10(14)13(11(9)15)8-3-4-8/h7-9,12H,3-6H2,1-2H3. The van der Waals surface area contributed by atoms with Crippen LogP contribution < -0.4 is 5.32 Å². The molecule has 18 heavy (non-hydrogen) atoms. The molecule has 2 atom stereocenters. The van der Waals surface area contributed by atoms with Gasteiger partial charge in [-0.15, -0.1) is 0 Å². The second-order valence-electron chi connectivity index (χ2n) is 5.25. The molecule has 1 saturated heterocycles. The second-order valence-corrected chi connectivity index (χ2v) is 7.43. The molecule has 1 aliphatic carbocycles. The van der Waals surface area contributed by atoms with Crippen molar-refractivity contribution in [3.63, 3.8) is 0 Å². The molecule has 6 nitrogen and oxygen atoms in total. The van der Waals surface area contributed by atoms with Gasteiger partial charge in [0, 0.05) is 18.3 Å². The minimum atomic E-state index is -3.09. The molecular formula is C11H18N2O4S. The summed E-state index contributed by atoms with van der Waals surface area (Å²) in [4.78, 5) is 25.0. The predicted molar refractivity (Wildman–Crippen MR) is 65.6 cm³/mol. The van der Waals surface area contributed by atoms with Gasteiger partial charge < -0.3 is 5.32 Å². The van der Waals surface area contributed by atoms with Crippen molar-refractivity contribution in [2.45, 2.75) is 44.3 Å². The molecule has 2 amide bonds. The first-order valence-corrected chi connectivity index (χ1v) is 8.13. The third-order valence-electron chi connectivity index (χ3n) is 3.13. The molecule has 0 aromatic heterocycles. The van der Waals surface area contributed by atoms with Crippen LogP contribution in [0.1, 0.15) is 26.2 Å². The topological polar surface area (TPSA) is 83.6 Å². The summed E-state index contributed by atoms with van der Waals surface area (Å²) in [6, 6.07) is -0.808. The van der Waals surface area contributed by atoms with Gasteiger partial charge in [0.05, 0.1) is 18.2 Å². The summed E-state index contributed by atoms with van der Waals surface area (Å²) >= 11 is 0. The van der Waals surface area contributed by atoms with Gasteiger partial charge in [-0.2, -0.15) is 0 Å². The molecule has 1 saturated carbocycles. The molecule has 1 N–H and O–H groups in total. The number of imide groups is 1. The summed E-state index contributed by atoms with van der Waals surface area (Å²) in [6.45, 7) is 1.71. The predicted octanol–water partition coefficient (Wildman–Crippen LogP) is -0.701. The highest BCUT2D eigenvalue weighted by Gasteiger charge is 2.46. The van der Waals surface area contributed by atoms with Crippen LogP contribution in [0.3, 0.4) is 0 Å². The molecule has 2 rings (SSSR count). The Labute approximate surface area is 107 Å². The van der Waals surface area contributed by atoms with Crippen molar-refractivity contribution in [2.24, 2.45) is 0 Å². The average Bonchev–Trinajstić information content (AvgIpc) is 2.94. The van der Waals surface area contributed by atoms with Crippen LogP contribution in [-0.4, -0.2) is 55.3 Å². The van der Waals surface area contributed by atoms with Crippen molar-refractivity contribution in [1.29, 1.82) is 0 Å². The summed E-state index contributed by atoms with van der Waals surface area (Å²) in [5.41, 5.74) is 0. The first kappa shape index (κ1) is 13.5. The lowest BCUT2D eigenvalue weighted by Gasteiger charge is -2.18. The van der Waals surface area contributed by atoms with Crippen molar-refractivity contribution in [1.82, 2.24) is 10.2 Å². The normalized spacial score (nSPS) is 26.8. The van der Waals surface area contributed by atoms with Crippen LogP contribution >= 0.6 is 0 Å². The molecule has 0 spiro atoms. The fraction of sp³-hybridized carbons (Fsp3) is 0.818. The van der Waals surface area contributed by atoms with Gasteiger partial charge in [-0.25, -0.2) is 8.42 Å². The monoisotopic (exact) mass is 274 g/mol. The van der Waals surface area contributed by atoms with E-state index in [4.69, 9.17) is 0 Å². The fourth-order valence-electron chi connectivity index (χ4n) is 2.34. The Balaban J connectivity index is 1.94. The smallest absolute Gasteiger partial charge is 0.247 e. The largest absolute Gasteiger partial charge is 0.302 e. The number of nitrogens with one attached hydrogen (secondary N) is 1. The van der Waals surface area contributed by atoms with Gasteiger partial charge in [0.2, 0.25) is 11.8 Å². The van der Waals surface area contributed by atoms with E-state index in [0.717, 1.165) is 19.1 Å². The molecule has 7 heteroatoms. The van der Waals surface area contributed by atoms with Gasteiger partial charge in [0.1, 0.15) is 9.84 Å². The van der Waals surface area contributed by atoms with E-state index in [0.29, 0.717) is 0 Å². The van der Waals surface area contributed by atoms with Crippen LogP contribution in [0.5, 0.6) is 0 Å². The van der Waals surface area contributed by atoms with Crippen LogP contribution in [0.2, 0.25) is 0 Å². The quantitative estimate of drug-likeness (QED) is 0.670. The number of sulfone groups is 1. The zero-order valence-electron chi connectivity index (χ0n) is 10.5. The number of amides is 2. The van der Waals surface area contributed by atoms with Crippen LogP contribution in [0.15, 0.2) is 0 Å². The number of nitrogens with zero attached hydrogens (tertiary/aromatic N) is 1. The number of carbonyl (C=O) groups is 2. The average molecular weight is 274 g/mol. The summed E-state index contributed by atoms with van der Waals surface area (Å²) in [5, 5.41) is 2.94. The number of carbonyl (C=O) groups excluding carboxylic acids is 2. The minimum Gasteiger partial charge on any atom is -0.302 e. The third kappa shape index (κ3) is 3.08. The highest BCUT2D eigenvalue weighted by Crippen LogP contribution is 2.31. The highest BCUT2D eigenvalue weighted by molar-refractivity contribution is 7.90. The third-order valence-corrected chi connectivity index (χ3v) is 4.24. The Kier molecular flexibility index (Phi) is 3.46. The van der Waals surface area contributed by atoms with E-state index in [1.165, 1.54) is 4.90 Å². The van der Waals surface area contributed by atoms with Crippen LogP contribution in [0.25, 0.3) is 0 Å². The maximum Gasteiger partial charge on any atom is 0.247 e. The van der Waals surface area contributed by atoms with Gasteiger partial charge in [-0.1, -0.05) is 0 Å². The van der Waals surface area contributed by atoms with Gasteiger partial charge in [0.25, 0.3) is 0 Å². The van der Waals surface area contributed by atoms with Crippen molar-refractivity contribution < 1.29 is 18.0 Å². The minimum absolute atomic E-state index is 0.0333. The summed E-state index contributed by atoms with van der Waals surface area (Å²) in [7, 11) is -3.09. The summed E-state index contributed by atoms with van der Waals surface area (Å²) < 4.78 is 22.3. The second kappa shape index (κ2) is 4.62. The van der Waals surface area contributed by atoms with Crippen molar-refractivity contribution in [3.05, 3.63) is 0 Å². The van der Waals surface area contributed by atoms with Gasteiger partial charge >= 0.3 is 0 Å². The lowest BCUT2D eigenvalue weighted by Crippen LogP contribution is -2.45. The molecule has 0 radical (unpaired) electrons. The Morgan fingerprint density at radius 2 is 2.00 bits per heavy atom. The molecule has 2 unspecified atom stereocenters. The van der Waals surface area contributed by atoms with E-state index in [1.54, 1.807) is 6.92 Å². The molecule has 1 heterocycles. The highest BCUT2D eigenvalue weighted by atomic mass is 32.2. The molecule has 0 aromatic rings. The molecule has 0 bridgehead atoms. The van der Waals surface area contributed by atoms with E-state index in [9.17, 15) is 18.0 Å². The van der Waals surface area contributed by atoms with E-state index in [2.05, 4.69) is 5.32 Å². The fourth-order valence-corrected chi connectivity index (χ4v) is 3.35. The maximum atomic E-state index is 12.0. The van der Waals surface area contributed by atoms with E-state index >= 15 is 0 Å². The Morgan fingerprint density at radius 3 is 2.50 bits per heavy atom. The Hall–Kier alpha value is -0.950. The molecule has 0 aromatic carbocycles. The number of hydrogen-bond donors (Lipinski definition) is 1. The first-order valence-electron chi connectivity index (χ1n) is 6.07. The SMILES string of the molecule is CC(CS(C)(=O)=O)NC1CC(=O)N(C2CC2)C1=O. The number of likely N-dealkylation sites (tertiary alicyclic amines) is 1. The Morgan fingerprint density at radius 1 is 1.39 bits per heavy atom. The lowest BCUT2D eigenvalue weighted by molar-refractivity contribution is -0.139. The molecule has 102 valence electrons. The van der Waals surface area contributed by atoms with Crippen molar-refractivity contribution in [2.75, 3.05) is 12.0 Å². The Bertz CT molecular complexity index is 469. The van der Waals surface area contributed by atoms with Crippen molar-refractivity contribution >= 4 is 21.7 Å². The van der Waals surface area contributed by atoms with E-state index < -0.39 is 15.9 Å². The van der Waals surface area contributed by atoms with Crippen LogP contribution in [-0.2, 0) is 19.4 Å². The zero-order valence-corrected chi connectivity index (χ0v) is 11.4. The molecule has 2 aliphatic rings. The first-order chi connectivity index (χ1) is 8.28. The zero-order chi connectivity index (χ0) is 13.5. The number of hydrogen-bond acceptors (Lipinski definition) is 5. The van der Waals surface area contributed by atoms with Crippen molar-refractivity contribution in [3.8, 4) is 0 Å². The molecule has 1 aliphatic heterocycles. The summed E-state index contributed by atoms with van der Waals surface area (Å²) in [5.74, 6) is -0.386. The summed E-state index contributed by atoms with van der Waals surface area (Å²) in [6.07, 6.45) is 3.08. The van der Waals surface area contributed by atoms with Crippen LogP contribution in [0.4, 0.5) is 0 Å². The van der Waals surface area contributed by atoms with Gasteiger partial charge in [-0.05, 0) is 19.8 Å². The van der Waals surface area contributed by atoms with Crippen LogP contribution in [0, 0.1) is 0 Å². The van der Waals surface area contributed by atoms with Gasteiger partial charge in [0.15, 0.2) is 0 Å². The maximum absolute atomic E-state index is 12.0. The molecular weight excluding hydrogens is 256 g/mol. The lowest BCUT2D eigenvalue weighted by atomic mass is 10.2. The number of rotatable bonds is 5. The van der Waals surface area contributed by atoms with Gasteiger partial charge in [-0.3, -0.25) is 14.5 Å². The van der Waals surface area contributed by atoms with E-state index in [-0.39, 0.29) is 36.1 Å².